The van der Waals surface area contributed by atoms with Crippen LogP contribution in [0.25, 0.3) is 21.5 Å². The van der Waals surface area contributed by atoms with Gasteiger partial charge in [0.2, 0.25) is 0 Å². The maximum atomic E-state index is 6.48. The van der Waals surface area contributed by atoms with Crippen molar-refractivity contribution in [2.75, 3.05) is 13.2 Å². The highest BCUT2D eigenvalue weighted by Gasteiger charge is 2.16. The predicted octanol–water partition coefficient (Wildman–Crippen LogP) is 10.2. The first-order valence-corrected chi connectivity index (χ1v) is 14.1. The van der Waals surface area contributed by atoms with Crippen molar-refractivity contribution < 1.29 is 9.47 Å². The van der Waals surface area contributed by atoms with E-state index in [0.29, 0.717) is 5.88 Å². The highest BCUT2D eigenvalue weighted by molar-refractivity contribution is 6.17. The summed E-state index contributed by atoms with van der Waals surface area (Å²) in [4.78, 5) is 0. The average Bonchev–Trinajstić information content (AvgIpc) is 2.87. The van der Waals surface area contributed by atoms with E-state index in [1.165, 1.54) is 64.2 Å². The van der Waals surface area contributed by atoms with E-state index in [1.807, 2.05) is 0 Å². The molecule has 0 unspecified atom stereocenters. The van der Waals surface area contributed by atoms with Crippen LogP contribution in [0.3, 0.4) is 0 Å². The van der Waals surface area contributed by atoms with Gasteiger partial charge in [0.15, 0.2) is 0 Å². The summed E-state index contributed by atoms with van der Waals surface area (Å²) >= 11 is 6.21. The Morgan fingerprint density at radius 2 is 1.03 bits per heavy atom. The van der Waals surface area contributed by atoms with Crippen molar-refractivity contribution in [3.05, 3.63) is 48.0 Å². The Bertz CT molecular complexity index is 998. The summed E-state index contributed by atoms with van der Waals surface area (Å²) in [5.41, 5.74) is 1.11. The molecule has 3 heteroatoms. The lowest BCUT2D eigenvalue weighted by molar-refractivity contribution is 0.306. The molecule has 0 aliphatic carbocycles. The van der Waals surface area contributed by atoms with Gasteiger partial charge in [0, 0.05) is 27.4 Å². The van der Waals surface area contributed by atoms with Crippen LogP contribution in [0.15, 0.2) is 42.5 Å². The van der Waals surface area contributed by atoms with E-state index in [2.05, 4.69) is 56.3 Å². The normalized spacial score (nSPS) is 11.4. The number of benzene rings is 3. The SMILES string of the molecule is CCCCCCCCOc1c2ccccc2c(OCCCCCCCC)c2cc(CCl)ccc12. The minimum Gasteiger partial charge on any atom is -0.492 e. The first kappa shape index (κ1) is 26.7. The number of alkyl halides is 1. The van der Waals surface area contributed by atoms with Gasteiger partial charge < -0.3 is 9.47 Å². The molecule has 0 bridgehead atoms. The number of ether oxygens (including phenoxy) is 2. The zero-order chi connectivity index (χ0) is 24.0. The van der Waals surface area contributed by atoms with E-state index in [1.54, 1.807) is 0 Å². The summed E-state index contributed by atoms with van der Waals surface area (Å²) in [6.45, 7) is 6.01. The maximum Gasteiger partial charge on any atom is 0.135 e. The average molecular weight is 483 g/mol. The van der Waals surface area contributed by atoms with E-state index in [-0.39, 0.29) is 0 Å². The molecule has 34 heavy (non-hydrogen) atoms. The zero-order valence-electron chi connectivity index (χ0n) is 21.3. The van der Waals surface area contributed by atoms with Gasteiger partial charge >= 0.3 is 0 Å². The molecule has 0 atom stereocenters. The molecule has 0 heterocycles. The van der Waals surface area contributed by atoms with Gasteiger partial charge in [-0.1, -0.05) is 114 Å². The van der Waals surface area contributed by atoms with E-state index in [4.69, 9.17) is 21.1 Å². The van der Waals surface area contributed by atoms with Gasteiger partial charge in [-0.15, -0.1) is 11.6 Å². The summed E-state index contributed by atoms with van der Waals surface area (Å²) in [6, 6.07) is 15.0. The largest absolute Gasteiger partial charge is 0.492 e. The molecule has 0 N–H and O–H groups in total. The second-order valence-electron chi connectivity index (χ2n) is 9.45. The summed E-state index contributed by atoms with van der Waals surface area (Å²) in [5, 5.41) is 4.50. The Morgan fingerprint density at radius 3 is 1.56 bits per heavy atom. The quantitative estimate of drug-likeness (QED) is 0.108. The number of fused-ring (bicyclic) bond motifs is 2. The summed E-state index contributed by atoms with van der Waals surface area (Å²) < 4.78 is 12.9. The number of hydrogen-bond acceptors (Lipinski definition) is 2. The Labute approximate surface area is 212 Å². The lowest BCUT2D eigenvalue weighted by Gasteiger charge is -2.18. The molecule has 0 fully saturated rings. The van der Waals surface area contributed by atoms with Crippen LogP contribution in [0.4, 0.5) is 0 Å². The monoisotopic (exact) mass is 482 g/mol. The summed E-state index contributed by atoms with van der Waals surface area (Å²) in [6.07, 6.45) is 15.1. The molecular weight excluding hydrogens is 440 g/mol. The number of rotatable bonds is 17. The first-order valence-electron chi connectivity index (χ1n) is 13.6. The van der Waals surface area contributed by atoms with Gasteiger partial charge in [-0.3, -0.25) is 0 Å². The van der Waals surface area contributed by atoms with E-state index in [9.17, 15) is 0 Å². The smallest absolute Gasteiger partial charge is 0.135 e. The third-order valence-electron chi connectivity index (χ3n) is 6.63. The lowest BCUT2D eigenvalue weighted by Crippen LogP contribution is -2.02. The highest BCUT2D eigenvalue weighted by atomic mass is 35.5. The Balaban J connectivity index is 1.81. The van der Waals surface area contributed by atoms with E-state index in [0.717, 1.165) is 64.7 Å². The molecule has 0 aliphatic heterocycles. The van der Waals surface area contributed by atoms with Crippen LogP contribution in [0.1, 0.15) is 96.5 Å². The molecule has 0 amide bonds. The highest BCUT2D eigenvalue weighted by Crippen LogP contribution is 2.43. The molecule has 3 aromatic rings. The number of hydrogen-bond donors (Lipinski definition) is 0. The van der Waals surface area contributed by atoms with E-state index >= 15 is 0 Å². The molecule has 3 rings (SSSR count). The Kier molecular flexibility index (Phi) is 11.9. The van der Waals surface area contributed by atoms with Crippen LogP contribution >= 0.6 is 11.6 Å². The van der Waals surface area contributed by atoms with Crippen molar-refractivity contribution in [1.29, 1.82) is 0 Å². The fourth-order valence-corrected chi connectivity index (χ4v) is 4.82. The molecule has 0 radical (unpaired) electrons. The molecule has 0 aliphatic rings. The van der Waals surface area contributed by atoms with Crippen molar-refractivity contribution in [3.63, 3.8) is 0 Å². The molecule has 186 valence electrons. The van der Waals surface area contributed by atoms with Crippen LogP contribution in [0.5, 0.6) is 11.5 Å². The van der Waals surface area contributed by atoms with Crippen LogP contribution in [-0.4, -0.2) is 13.2 Å². The lowest BCUT2D eigenvalue weighted by atomic mass is 9.99. The molecular formula is C31H43ClO2. The molecule has 2 nitrogen and oxygen atoms in total. The molecule has 0 saturated carbocycles. The molecule has 0 saturated heterocycles. The van der Waals surface area contributed by atoms with Crippen molar-refractivity contribution in [2.24, 2.45) is 0 Å². The van der Waals surface area contributed by atoms with Gasteiger partial charge in [-0.2, -0.15) is 0 Å². The third-order valence-corrected chi connectivity index (χ3v) is 6.94. The minimum absolute atomic E-state index is 0.494. The first-order chi connectivity index (χ1) is 16.8. The Hall–Kier alpha value is -1.93. The van der Waals surface area contributed by atoms with Crippen LogP contribution in [0, 0.1) is 0 Å². The topological polar surface area (TPSA) is 18.5 Å². The molecule has 3 aromatic carbocycles. The second-order valence-corrected chi connectivity index (χ2v) is 9.72. The Morgan fingerprint density at radius 1 is 0.559 bits per heavy atom. The van der Waals surface area contributed by atoms with E-state index < -0.39 is 0 Å². The standard InChI is InChI=1S/C31H43ClO2/c1-3-5-7-9-11-15-21-33-30-26-17-13-14-18-27(26)31(34-22-16-12-10-8-6-4-2)29-23-25(24-32)19-20-28(29)30/h13-14,17-20,23H,3-12,15-16,21-22,24H2,1-2H3. The van der Waals surface area contributed by atoms with Gasteiger partial charge in [-0.05, 0) is 24.5 Å². The van der Waals surface area contributed by atoms with Crippen molar-refractivity contribution in [1.82, 2.24) is 0 Å². The molecule has 0 aromatic heterocycles. The van der Waals surface area contributed by atoms with Crippen LogP contribution < -0.4 is 9.47 Å². The fraction of sp³-hybridized carbons (Fsp3) is 0.548. The van der Waals surface area contributed by atoms with Crippen molar-refractivity contribution in [2.45, 2.75) is 96.8 Å². The number of halogens is 1. The van der Waals surface area contributed by atoms with Crippen molar-refractivity contribution >= 4 is 33.1 Å². The van der Waals surface area contributed by atoms with Gasteiger partial charge in [0.05, 0.1) is 13.2 Å². The summed E-state index contributed by atoms with van der Waals surface area (Å²) in [7, 11) is 0. The minimum atomic E-state index is 0.494. The second kappa shape index (κ2) is 15.1. The van der Waals surface area contributed by atoms with Crippen LogP contribution in [-0.2, 0) is 5.88 Å². The molecule has 0 spiro atoms. The van der Waals surface area contributed by atoms with Gasteiger partial charge in [0.25, 0.3) is 0 Å². The third kappa shape index (κ3) is 7.54. The number of unbranched alkanes of at least 4 members (excludes halogenated alkanes) is 10. The van der Waals surface area contributed by atoms with Crippen molar-refractivity contribution in [3.8, 4) is 11.5 Å². The van der Waals surface area contributed by atoms with Crippen LogP contribution in [0.2, 0.25) is 0 Å². The fourth-order valence-electron chi connectivity index (χ4n) is 4.65. The van der Waals surface area contributed by atoms with Gasteiger partial charge in [0.1, 0.15) is 11.5 Å². The van der Waals surface area contributed by atoms with Gasteiger partial charge in [-0.25, -0.2) is 0 Å². The summed E-state index contributed by atoms with van der Waals surface area (Å²) in [5.74, 6) is 2.44. The predicted molar refractivity (Wildman–Crippen MR) is 149 cm³/mol. The zero-order valence-corrected chi connectivity index (χ0v) is 22.1. The maximum absolute atomic E-state index is 6.48.